The molecule has 0 aliphatic heterocycles. The maximum absolute atomic E-state index is 11.7. The number of halogens is 2. The summed E-state index contributed by atoms with van der Waals surface area (Å²) in [5.41, 5.74) is 0.819. The van der Waals surface area contributed by atoms with E-state index in [2.05, 4.69) is 31.9 Å². The Morgan fingerprint density at radius 3 is 2.05 bits per heavy atom. The van der Waals surface area contributed by atoms with Gasteiger partial charge in [-0.3, -0.25) is 0 Å². The van der Waals surface area contributed by atoms with Gasteiger partial charge < -0.3 is 9.47 Å². The fraction of sp³-hybridized carbons (Fsp3) is 0.571. The highest BCUT2D eigenvalue weighted by Gasteiger charge is 2.27. The van der Waals surface area contributed by atoms with Crippen LogP contribution in [-0.2, 0) is 9.84 Å². The fourth-order valence-electron chi connectivity index (χ4n) is 1.77. The predicted octanol–water partition coefficient (Wildman–Crippen LogP) is 4.12. The van der Waals surface area contributed by atoms with E-state index >= 15 is 0 Å². The second kappa shape index (κ2) is 7.83. The quantitative estimate of drug-likeness (QED) is 0.595. The number of hydrogen-bond acceptors (Lipinski definition) is 4. The van der Waals surface area contributed by atoms with E-state index in [4.69, 9.17) is 9.47 Å². The molecule has 0 aromatic heterocycles. The first kappa shape index (κ1) is 18.8. The smallest absolute Gasteiger partial charge is 0.162 e. The zero-order chi connectivity index (χ0) is 16.2. The summed E-state index contributed by atoms with van der Waals surface area (Å²) in [6.07, 6.45) is 1.23. The van der Waals surface area contributed by atoms with E-state index in [-0.39, 0.29) is 4.83 Å². The van der Waals surface area contributed by atoms with Crippen LogP contribution in [0.3, 0.4) is 0 Å². The van der Waals surface area contributed by atoms with Crippen LogP contribution < -0.4 is 9.47 Å². The number of hydrogen-bond donors (Lipinski definition) is 0. The number of sulfone groups is 1. The first-order chi connectivity index (χ1) is 9.72. The molecule has 0 bridgehead atoms. The van der Waals surface area contributed by atoms with Gasteiger partial charge in [-0.2, -0.15) is 0 Å². The number of ether oxygens (including phenoxy) is 2. The molecular formula is C14H20Br2O4S. The van der Waals surface area contributed by atoms with Gasteiger partial charge in [0.2, 0.25) is 0 Å². The van der Waals surface area contributed by atoms with Crippen molar-refractivity contribution < 1.29 is 17.9 Å². The van der Waals surface area contributed by atoms with Crippen molar-refractivity contribution in [1.29, 1.82) is 0 Å². The van der Waals surface area contributed by atoms with Gasteiger partial charge in [-0.05, 0) is 38.5 Å². The Hall–Kier alpha value is -0.270. The second-order valence-corrected chi connectivity index (χ2v) is 8.87. The molecule has 0 amide bonds. The molecule has 0 saturated carbocycles. The largest absolute Gasteiger partial charge is 0.490 e. The summed E-state index contributed by atoms with van der Waals surface area (Å²) < 4.78 is 35.4. The molecule has 2 atom stereocenters. The van der Waals surface area contributed by atoms with Gasteiger partial charge in [-0.25, -0.2) is 8.42 Å². The molecule has 0 radical (unpaired) electrons. The van der Waals surface area contributed by atoms with E-state index in [1.165, 1.54) is 6.26 Å². The van der Waals surface area contributed by atoms with E-state index in [0.29, 0.717) is 24.7 Å². The third kappa shape index (κ3) is 4.86. The molecule has 1 rings (SSSR count). The third-order valence-electron chi connectivity index (χ3n) is 3.05. The topological polar surface area (TPSA) is 52.6 Å². The highest BCUT2D eigenvalue weighted by Crippen LogP contribution is 2.41. The summed E-state index contributed by atoms with van der Waals surface area (Å²) in [6.45, 7) is 6.51. The van der Waals surface area contributed by atoms with Gasteiger partial charge in [0.05, 0.1) is 23.3 Å². The fourth-order valence-corrected chi connectivity index (χ4v) is 4.78. The highest BCUT2D eigenvalue weighted by atomic mass is 79.9. The molecule has 1 aromatic carbocycles. The molecule has 7 heteroatoms. The predicted molar refractivity (Wildman–Crippen MR) is 92.5 cm³/mol. The maximum Gasteiger partial charge on any atom is 0.162 e. The van der Waals surface area contributed by atoms with Crippen LogP contribution in [0.4, 0.5) is 0 Å². The standard InChI is InChI=1S/C14H20Br2O4S/c1-5-19-12-7-10(11(15)8-13(12)20-6-2)14(16)9(3)21(4,17)18/h7-9,14H,5-6H2,1-4H3. The molecule has 0 N–H and O–H groups in total. The molecule has 0 aliphatic carbocycles. The van der Waals surface area contributed by atoms with Crippen LogP contribution in [0.5, 0.6) is 11.5 Å². The number of alkyl halides is 1. The SMILES string of the molecule is CCOc1cc(Br)c(C(Br)C(C)S(C)(=O)=O)cc1OCC. The lowest BCUT2D eigenvalue weighted by Crippen LogP contribution is -2.21. The van der Waals surface area contributed by atoms with Gasteiger partial charge in [0.1, 0.15) is 0 Å². The van der Waals surface area contributed by atoms with Crippen LogP contribution in [-0.4, -0.2) is 33.1 Å². The Labute approximate surface area is 143 Å². The van der Waals surface area contributed by atoms with E-state index in [1.807, 2.05) is 26.0 Å². The molecule has 0 fully saturated rings. The number of rotatable bonds is 7. The average molecular weight is 444 g/mol. The summed E-state index contributed by atoms with van der Waals surface area (Å²) in [5, 5.41) is -0.554. The zero-order valence-corrected chi connectivity index (χ0v) is 16.5. The van der Waals surface area contributed by atoms with Crippen molar-refractivity contribution in [1.82, 2.24) is 0 Å². The molecule has 0 heterocycles. The van der Waals surface area contributed by atoms with Crippen molar-refractivity contribution in [3.8, 4) is 11.5 Å². The molecule has 4 nitrogen and oxygen atoms in total. The third-order valence-corrected chi connectivity index (χ3v) is 6.99. The van der Waals surface area contributed by atoms with E-state index in [0.717, 1.165) is 10.0 Å². The second-order valence-electron chi connectivity index (χ2n) is 4.62. The lowest BCUT2D eigenvalue weighted by atomic mass is 10.1. The molecule has 21 heavy (non-hydrogen) atoms. The molecule has 0 saturated heterocycles. The van der Waals surface area contributed by atoms with Gasteiger partial charge in [-0.15, -0.1) is 0 Å². The first-order valence-electron chi connectivity index (χ1n) is 6.64. The Balaban J connectivity index is 3.27. The summed E-state index contributed by atoms with van der Waals surface area (Å²) in [5.74, 6) is 1.25. The lowest BCUT2D eigenvalue weighted by Gasteiger charge is -2.20. The Kier molecular flexibility index (Phi) is 7.00. The summed E-state index contributed by atoms with van der Waals surface area (Å²) in [7, 11) is -3.15. The summed E-state index contributed by atoms with van der Waals surface area (Å²) in [4.78, 5) is -0.336. The van der Waals surface area contributed by atoms with Crippen molar-refractivity contribution >= 4 is 41.7 Å². The van der Waals surface area contributed by atoms with E-state index < -0.39 is 15.1 Å². The van der Waals surface area contributed by atoms with E-state index in [1.54, 1.807) is 6.92 Å². The molecular weight excluding hydrogens is 424 g/mol. The lowest BCUT2D eigenvalue weighted by molar-refractivity contribution is 0.287. The average Bonchev–Trinajstić information content (AvgIpc) is 2.39. The monoisotopic (exact) mass is 442 g/mol. The van der Waals surface area contributed by atoms with Crippen molar-refractivity contribution in [2.75, 3.05) is 19.5 Å². The van der Waals surface area contributed by atoms with Crippen LogP contribution in [0.2, 0.25) is 0 Å². The highest BCUT2D eigenvalue weighted by molar-refractivity contribution is 9.11. The molecule has 0 aliphatic rings. The normalized spacial score (nSPS) is 14.6. The van der Waals surface area contributed by atoms with Gasteiger partial charge in [0.25, 0.3) is 0 Å². The van der Waals surface area contributed by atoms with Crippen LogP contribution in [0.1, 0.15) is 31.2 Å². The van der Waals surface area contributed by atoms with Crippen molar-refractivity contribution in [3.63, 3.8) is 0 Å². The molecule has 0 spiro atoms. The van der Waals surface area contributed by atoms with Gasteiger partial charge in [0, 0.05) is 10.7 Å². The first-order valence-corrected chi connectivity index (χ1v) is 10.3. The zero-order valence-electron chi connectivity index (χ0n) is 12.5. The van der Waals surface area contributed by atoms with Crippen molar-refractivity contribution in [2.45, 2.75) is 30.8 Å². The summed E-state index contributed by atoms with van der Waals surface area (Å²) in [6, 6.07) is 3.63. The van der Waals surface area contributed by atoms with Crippen LogP contribution >= 0.6 is 31.9 Å². The maximum atomic E-state index is 11.7. The van der Waals surface area contributed by atoms with E-state index in [9.17, 15) is 8.42 Å². The van der Waals surface area contributed by atoms with Crippen molar-refractivity contribution in [3.05, 3.63) is 22.2 Å². The molecule has 2 unspecified atom stereocenters. The van der Waals surface area contributed by atoms with Crippen molar-refractivity contribution in [2.24, 2.45) is 0 Å². The Morgan fingerprint density at radius 1 is 1.14 bits per heavy atom. The van der Waals surface area contributed by atoms with Crippen LogP contribution in [0, 0.1) is 0 Å². The minimum absolute atomic E-state index is 0.336. The van der Waals surface area contributed by atoms with Crippen LogP contribution in [0.15, 0.2) is 16.6 Å². The molecule has 1 aromatic rings. The minimum Gasteiger partial charge on any atom is -0.490 e. The van der Waals surface area contributed by atoms with Gasteiger partial charge in [-0.1, -0.05) is 31.9 Å². The van der Waals surface area contributed by atoms with Crippen LogP contribution in [0.25, 0.3) is 0 Å². The molecule has 120 valence electrons. The van der Waals surface area contributed by atoms with Gasteiger partial charge in [0.15, 0.2) is 21.3 Å². The minimum atomic E-state index is -3.15. The Bertz CT molecular complexity index is 587. The summed E-state index contributed by atoms with van der Waals surface area (Å²) >= 11 is 6.96. The van der Waals surface area contributed by atoms with Gasteiger partial charge >= 0.3 is 0 Å². The Morgan fingerprint density at radius 2 is 1.62 bits per heavy atom. The number of benzene rings is 1.